The van der Waals surface area contributed by atoms with Crippen molar-refractivity contribution in [1.82, 2.24) is 20.4 Å². The number of hydrogen-bond donors (Lipinski definition) is 2. The maximum absolute atomic E-state index is 11.9. The van der Waals surface area contributed by atoms with Crippen molar-refractivity contribution in [3.8, 4) is 5.75 Å². The summed E-state index contributed by atoms with van der Waals surface area (Å²) in [4.78, 5) is 20.4. The van der Waals surface area contributed by atoms with E-state index in [1.807, 2.05) is 12.1 Å². The van der Waals surface area contributed by atoms with Crippen molar-refractivity contribution >= 4 is 11.9 Å². The third-order valence-corrected chi connectivity index (χ3v) is 4.96. The SMILES string of the molecule is CCCNC(=NCC(=O)N(C)C)NCC(c1ccccc1OC)N1CCCC1. The number of ether oxygens (including phenoxy) is 1. The first-order chi connectivity index (χ1) is 13.6. The zero-order valence-electron chi connectivity index (χ0n) is 17.7. The molecule has 0 aromatic heterocycles. The topological polar surface area (TPSA) is 69.2 Å². The summed E-state index contributed by atoms with van der Waals surface area (Å²) in [6.45, 7) is 5.92. The molecule has 0 bridgehead atoms. The largest absolute Gasteiger partial charge is 0.496 e. The summed E-state index contributed by atoms with van der Waals surface area (Å²) in [5.74, 6) is 1.57. The molecule has 1 aliphatic heterocycles. The van der Waals surface area contributed by atoms with Crippen molar-refractivity contribution < 1.29 is 9.53 Å². The number of likely N-dealkylation sites (tertiary alicyclic amines) is 1. The number of guanidine groups is 1. The molecule has 2 N–H and O–H groups in total. The number of amides is 1. The van der Waals surface area contributed by atoms with Crippen LogP contribution in [0.5, 0.6) is 5.75 Å². The van der Waals surface area contributed by atoms with Crippen LogP contribution in [0, 0.1) is 0 Å². The molecule has 1 aromatic carbocycles. The van der Waals surface area contributed by atoms with Gasteiger partial charge in [-0.25, -0.2) is 4.99 Å². The van der Waals surface area contributed by atoms with Crippen LogP contribution >= 0.6 is 0 Å². The van der Waals surface area contributed by atoms with Gasteiger partial charge in [0.2, 0.25) is 5.91 Å². The minimum Gasteiger partial charge on any atom is -0.496 e. The molecular formula is C21H35N5O2. The number of nitrogens with zero attached hydrogens (tertiary/aromatic N) is 3. The molecule has 1 aliphatic rings. The minimum absolute atomic E-state index is 0.0154. The van der Waals surface area contributed by atoms with Crippen molar-refractivity contribution in [2.45, 2.75) is 32.2 Å². The van der Waals surface area contributed by atoms with E-state index < -0.39 is 0 Å². The van der Waals surface area contributed by atoms with Crippen molar-refractivity contribution in [1.29, 1.82) is 0 Å². The molecule has 0 radical (unpaired) electrons. The van der Waals surface area contributed by atoms with E-state index >= 15 is 0 Å². The number of methoxy groups -OCH3 is 1. The van der Waals surface area contributed by atoms with Gasteiger partial charge in [-0.3, -0.25) is 9.69 Å². The second kappa shape index (κ2) is 11.5. The van der Waals surface area contributed by atoms with E-state index in [-0.39, 0.29) is 18.5 Å². The lowest BCUT2D eigenvalue weighted by Crippen LogP contribution is -2.43. The fraction of sp³-hybridized carbons (Fsp3) is 0.619. The summed E-state index contributed by atoms with van der Waals surface area (Å²) in [5.41, 5.74) is 1.18. The van der Waals surface area contributed by atoms with Gasteiger partial charge in [0.25, 0.3) is 0 Å². The van der Waals surface area contributed by atoms with E-state index in [2.05, 4.69) is 39.6 Å². The lowest BCUT2D eigenvalue weighted by molar-refractivity contribution is -0.127. The highest BCUT2D eigenvalue weighted by atomic mass is 16.5. The maximum atomic E-state index is 11.9. The fourth-order valence-electron chi connectivity index (χ4n) is 3.33. The molecular weight excluding hydrogens is 354 g/mol. The predicted octanol–water partition coefficient (Wildman–Crippen LogP) is 1.87. The van der Waals surface area contributed by atoms with Crippen LogP contribution in [0.2, 0.25) is 0 Å². The van der Waals surface area contributed by atoms with Crippen LogP contribution in [0.25, 0.3) is 0 Å². The number of benzene rings is 1. The Morgan fingerprint density at radius 3 is 2.61 bits per heavy atom. The standard InChI is InChI=1S/C21H35N5O2/c1-5-12-22-21(24-16-20(27)25(2)3)23-15-18(26-13-8-9-14-26)17-10-6-7-11-19(17)28-4/h6-7,10-11,18H,5,8-9,12-16H2,1-4H3,(H2,22,23,24). The molecule has 1 aromatic rings. The molecule has 7 nitrogen and oxygen atoms in total. The lowest BCUT2D eigenvalue weighted by Gasteiger charge is -2.30. The molecule has 1 fully saturated rings. The number of rotatable bonds is 9. The second-order valence-corrected chi connectivity index (χ2v) is 7.26. The summed E-state index contributed by atoms with van der Waals surface area (Å²) in [5, 5.41) is 6.75. The Balaban J connectivity index is 2.14. The van der Waals surface area contributed by atoms with Crippen LogP contribution in [0.1, 0.15) is 37.8 Å². The molecule has 0 aliphatic carbocycles. The summed E-state index contributed by atoms with van der Waals surface area (Å²) >= 11 is 0. The average molecular weight is 390 g/mol. The van der Waals surface area contributed by atoms with Crippen LogP contribution < -0.4 is 15.4 Å². The quantitative estimate of drug-likeness (QED) is 0.498. The molecule has 2 rings (SSSR count). The highest BCUT2D eigenvalue weighted by molar-refractivity contribution is 5.84. The molecule has 1 atom stereocenters. The monoisotopic (exact) mass is 389 g/mol. The van der Waals surface area contributed by atoms with Gasteiger partial charge in [0, 0.05) is 32.7 Å². The van der Waals surface area contributed by atoms with Crippen molar-refractivity contribution in [3.63, 3.8) is 0 Å². The Morgan fingerprint density at radius 2 is 1.96 bits per heavy atom. The van der Waals surface area contributed by atoms with Crippen LogP contribution in [-0.4, -0.2) is 75.6 Å². The molecule has 0 spiro atoms. The smallest absolute Gasteiger partial charge is 0.243 e. The lowest BCUT2D eigenvalue weighted by atomic mass is 10.0. The fourth-order valence-corrected chi connectivity index (χ4v) is 3.33. The molecule has 1 unspecified atom stereocenters. The van der Waals surface area contributed by atoms with E-state index in [0.717, 1.165) is 31.8 Å². The Morgan fingerprint density at radius 1 is 1.25 bits per heavy atom. The molecule has 156 valence electrons. The van der Waals surface area contributed by atoms with Crippen LogP contribution in [0.3, 0.4) is 0 Å². The van der Waals surface area contributed by atoms with E-state index in [0.29, 0.717) is 12.5 Å². The molecule has 1 heterocycles. The number of likely N-dealkylation sites (N-methyl/N-ethyl adjacent to an activating group) is 1. The van der Waals surface area contributed by atoms with Gasteiger partial charge >= 0.3 is 0 Å². The van der Waals surface area contributed by atoms with Gasteiger partial charge in [0.05, 0.1) is 13.2 Å². The number of hydrogen-bond acceptors (Lipinski definition) is 4. The third-order valence-electron chi connectivity index (χ3n) is 4.96. The van der Waals surface area contributed by atoms with Crippen LogP contribution in [0.15, 0.2) is 29.3 Å². The van der Waals surface area contributed by atoms with Gasteiger partial charge in [-0.1, -0.05) is 25.1 Å². The molecule has 0 saturated carbocycles. The Hall–Kier alpha value is -2.28. The van der Waals surface area contributed by atoms with E-state index in [4.69, 9.17) is 4.74 Å². The zero-order valence-corrected chi connectivity index (χ0v) is 17.7. The third kappa shape index (κ3) is 6.41. The zero-order chi connectivity index (χ0) is 20.4. The van der Waals surface area contributed by atoms with E-state index in [9.17, 15) is 4.79 Å². The first kappa shape index (κ1) is 22.0. The van der Waals surface area contributed by atoms with Crippen LogP contribution in [-0.2, 0) is 4.79 Å². The summed E-state index contributed by atoms with van der Waals surface area (Å²) in [6, 6.07) is 8.39. The number of para-hydroxylation sites is 1. The number of aliphatic imine (C=N–C) groups is 1. The summed E-state index contributed by atoms with van der Waals surface area (Å²) in [7, 11) is 5.21. The summed E-state index contributed by atoms with van der Waals surface area (Å²) in [6.07, 6.45) is 3.43. The summed E-state index contributed by atoms with van der Waals surface area (Å²) < 4.78 is 5.61. The minimum atomic E-state index is -0.0154. The molecule has 28 heavy (non-hydrogen) atoms. The van der Waals surface area contributed by atoms with Gasteiger partial charge in [-0.2, -0.15) is 0 Å². The highest BCUT2D eigenvalue weighted by Crippen LogP contribution is 2.31. The Labute approximate surface area is 169 Å². The number of carbonyl (C=O) groups is 1. The van der Waals surface area contributed by atoms with Gasteiger partial charge in [-0.05, 0) is 38.4 Å². The van der Waals surface area contributed by atoms with E-state index in [1.165, 1.54) is 18.4 Å². The molecule has 1 amide bonds. The van der Waals surface area contributed by atoms with Gasteiger partial charge in [-0.15, -0.1) is 0 Å². The second-order valence-electron chi connectivity index (χ2n) is 7.26. The van der Waals surface area contributed by atoms with Crippen molar-refractivity contribution in [2.75, 3.05) is 53.9 Å². The predicted molar refractivity (Wildman–Crippen MR) is 114 cm³/mol. The maximum Gasteiger partial charge on any atom is 0.243 e. The van der Waals surface area contributed by atoms with Crippen molar-refractivity contribution in [3.05, 3.63) is 29.8 Å². The highest BCUT2D eigenvalue weighted by Gasteiger charge is 2.26. The van der Waals surface area contributed by atoms with E-state index in [1.54, 1.807) is 26.1 Å². The van der Waals surface area contributed by atoms with Crippen LogP contribution in [0.4, 0.5) is 0 Å². The average Bonchev–Trinajstić information content (AvgIpc) is 3.24. The Bertz CT molecular complexity index is 641. The normalized spacial score (nSPS) is 15.9. The molecule has 7 heteroatoms. The van der Waals surface area contributed by atoms with Crippen molar-refractivity contribution in [2.24, 2.45) is 4.99 Å². The van der Waals surface area contributed by atoms with Gasteiger partial charge in [0.1, 0.15) is 12.3 Å². The Kier molecular flexibility index (Phi) is 9.07. The van der Waals surface area contributed by atoms with Gasteiger partial charge < -0.3 is 20.3 Å². The molecule has 1 saturated heterocycles. The first-order valence-corrected chi connectivity index (χ1v) is 10.2. The number of nitrogens with one attached hydrogen (secondary N) is 2. The van der Waals surface area contributed by atoms with Gasteiger partial charge in [0.15, 0.2) is 5.96 Å². The number of carbonyl (C=O) groups excluding carboxylic acids is 1. The first-order valence-electron chi connectivity index (χ1n) is 10.2.